The third-order valence-corrected chi connectivity index (χ3v) is 8.85. The topological polar surface area (TPSA) is 154 Å². The van der Waals surface area contributed by atoms with E-state index in [0.29, 0.717) is 61.0 Å². The maximum atomic E-state index is 13.2. The summed E-state index contributed by atoms with van der Waals surface area (Å²) in [5, 5.41) is 11.9. The molecule has 5 rings (SSSR count). The van der Waals surface area contributed by atoms with Crippen molar-refractivity contribution in [2.75, 3.05) is 70.0 Å². The molecule has 0 spiro atoms. The number of nitrogens with two attached hydrogens (primary N) is 1. The Kier molecular flexibility index (Phi) is 12.9. The molecule has 14 heteroatoms. The van der Waals surface area contributed by atoms with E-state index < -0.39 is 5.25 Å². The summed E-state index contributed by atoms with van der Waals surface area (Å²) in [5.41, 5.74) is 9.36. The van der Waals surface area contributed by atoms with E-state index >= 15 is 0 Å². The van der Waals surface area contributed by atoms with Gasteiger partial charge in [0, 0.05) is 76.1 Å². The van der Waals surface area contributed by atoms with Crippen LogP contribution < -0.4 is 11.1 Å². The minimum atomic E-state index is -0.623. The van der Waals surface area contributed by atoms with Crippen molar-refractivity contribution >= 4 is 48.4 Å². The molecule has 47 heavy (non-hydrogen) atoms. The van der Waals surface area contributed by atoms with Gasteiger partial charge in [-0.3, -0.25) is 19.5 Å². The lowest BCUT2D eigenvalue weighted by Gasteiger charge is -2.39. The van der Waals surface area contributed by atoms with Gasteiger partial charge in [-0.1, -0.05) is 25.1 Å². The fourth-order valence-corrected chi connectivity index (χ4v) is 6.06. The van der Waals surface area contributed by atoms with E-state index in [-0.39, 0.29) is 41.7 Å². The highest BCUT2D eigenvalue weighted by molar-refractivity contribution is 7.80. The molecule has 0 saturated carbocycles. The summed E-state index contributed by atoms with van der Waals surface area (Å²) in [5.74, 6) is 0.257. The Labute approximate surface area is 287 Å². The number of ether oxygens (including phenoxy) is 1. The van der Waals surface area contributed by atoms with Crippen LogP contribution in [0.5, 0.6) is 0 Å². The zero-order valence-corrected chi connectivity index (χ0v) is 28.5. The zero-order valence-electron chi connectivity index (χ0n) is 26.8. The molecule has 4 heterocycles. The fourth-order valence-electron chi connectivity index (χ4n) is 5.80. The van der Waals surface area contributed by atoms with Crippen molar-refractivity contribution in [3.8, 4) is 17.3 Å². The van der Waals surface area contributed by atoms with Gasteiger partial charge < -0.3 is 25.6 Å². The lowest BCUT2D eigenvalue weighted by molar-refractivity contribution is -0.139. The zero-order chi connectivity index (χ0) is 32.6. The predicted molar refractivity (Wildman–Crippen MR) is 186 cm³/mol. The largest absolute Gasteiger partial charge is 0.382 e. The van der Waals surface area contributed by atoms with Gasteiger partial charge in [-0.15, -0.1) is 12.4 Å². The first-order chi connectivity index (χ1) is 22.2. The molecule has 2 aliphatic rings. The lowest BCUT2D eigenvalue weighted by atomic mass is 10.1. The smallest absolute Gasteiger partial charge is 0.223 e. The molecule has 3 aromatic rings. The molecule has 2 aliphatic heterocycles. The van der Waals surface area contributed by atoms with Crippen molar-refractivity contribution in [1.82, 2.24) is 29.7 Å². The highest BCUT2D eigenvalue weighted by Gasteiger charge is 2.27. The number of carbonyl (C=O) groups excluding carboxylic acids is 2. The number of rotatable bonds is 10. The van der Waals surface area contributed by atoms with Gasteiger partial charge in [-0.2, -0.15) is 17.9 Å². The second-order valence-electron chi connectivity index (χ2n) is 11.6. The molecule has 12 nitrogen and oxygen atoms in total. The first-order valence-electron chi connectivity index (χ1n) is 15.7. The number of hydrogen-bond donors (Lipinski definition) is 3. The molecule has 3 N–H and O–H groups in total. The van der Waals surface area contributed by atoms with E-state index in [1.165, 1.54) is 6.92 Å². The molecule has 2 atom stereocenters. The van der Waals surface area contributed by atoms with Crippen molar-refractivity contribution in [2.24, 2.45) is 0 Å². The monoisotopic (exact) mass is 679 g/mol. The SMILES string of the molecule is CCN1CCN(CC2CN(C(=O)CCc3cccc(C(S)c4nc(N)c(C#N)c(-c5ccc(NC(C)=O)cc5)n4)n3)CCO2)CC1.Cl. The van der Waals surface area contributed by atoms with E-state index in [1.807, 2.05) is 23.1 Å². The van der Waals surface area contributed by atoms with Crippen molar-refractivity contribution in [1.29, 1.82) is 5.26 Å². The number of aryl methyl sites for hydroxylation is 1. The molecular weight excluding hydrogens is 638 g/mol. The lowest BCUT2D eigenvalue weighted by Crippen LogP contribution is -2.53. The number of carbonyl (C=O) groups is 2. The van der Waals surface area contributed by atoms with Gasteiger partial charge in [0.25, 0.3) is 0 Å². The Morgan fingerprint density at radius 3 is 2.49 bits per heavy atom. The van der Waals surface area contributed by atoms with Crippen LogP contribution in [0.25, 0.3) is 11.3 Å². The van der Waals surface area contributed by atoms with Gasteiger partial charge in [-0.25, -0.2) is 9.97 Å². The third kappa shape index (κ3) is 9.39. The van der Waals surface area contributed by atoms with Crippen molar-refractivity contribution < 1.29 is 14.3 Å². The van der Waals surface area contributed by atoms with Crippen LogP contribution in [-0.2, 0) is 20.7 Å². The standard InChI is InChI=1S/C33H41N9O3S.ClH/c1-3-40-13-15-41(16-14-40)20-26-21-42(17-18-45-26)29(44)12-11-24-5-4-6-28(37-24)31(46)33-38-30(27(19-34)32(35)39-33)23-7-9-25(10-8-23)36-22(2)43;/h4-10,26,31,46H,3,11-18,20-21H2,1-2H3,(H,36,43)(H2,35,38,39);1H. The molecule has 0 radical (unpaired) electrons. The fraction of sp³-hybridized carbons (Fsp3) is 0.455. The first kappa shape index (κ1) is 36.0. The normalized spacial score (nSPS) is 17.7. The maximum Gasteiger partial charge on any atom is 0.223 e. The van der Waals surface area contributed by atoms with Gasteiger partial charge in [0.1, 0.15) is 28.5 Å². The van der Waals surface area contributed by atoms with E-state index in [2.05, 4.69) is 38.1 Å². The van der Waals surface area contributed by atoms with E-state index in [4.69, 9.17) is 28.1 Å². The number of piperazine rings is 1. The van der Waals surface area contributed by atoms with Crippen LogP contribution in [0.15, 0.2) is 42.5 Å². The number of likely N-dealkylation sites (N-methyl/N-ethyl adjacent to an activating group) is 1. The Morgan fingerprint density at radius 2 is 1.81 bits per heavy atom. The van der Waals surface area contributed by atoms with Crippen molar-refractivity contribution in [3.05, 3.63) is 65.2 Å². The first-order valence-corrected chi connectivity index (χ1v) is 16.2. The van der Waals surface area contributed by atoms with Crippen LogP contribution in [-0.4, -0.2) is 107 Å². The Balaban J connectivity index is 0.00000500. The van der Waals surface area contributed by atoms with Crippen LogP contribution in [0.1, 0.15) is 48.3 Å². The molecule has 0 bridgehead atoms. The van der Waals surface area contributed by atoms with Crippen LogP contribution in [0, 0.1) is 11.3 Å². The number of halogens is 1. The summed E-state index contributed by atoms with van der Waals surface area (Å²) < 4.78 is 6.02. The number of thiol groups is 1. The summed E-state index contributed by atoms with van der Waals surface area (Å²) in [6.45, 7) is 11.5. The molecule has 2 aromatic heterocycles. The minimum Gasteiger partial charge on any atom is -0.382 e. The highest BCUT2D eigenvalue weighted by atomic mass is 35.5. The molecule has 2 saturated heterocycles. The molecular formula is C33H42ClN9O3S. The molecule has 2 unspecified atom stereocenters. The van der Waals surface area contributed by atoms with E-state index in [0.717, 1.165) is 45.0 Å². The Morgan fingerprint density at radius 1 is 1.09 bits per heavy atom. The summed E-state index contributed by atoms with van der Waals surface area (Å²) in [4.78, 5) is 45.2. The van der Waals surface area contributed by atoms with Gasteiger partial charge >= 0.3 is 0 Å². The molecule has 250 valence electrons. The van der Waals surface area contributed by atoms with Crippen molar-refractivity contribution in [3.63, 3.8) is 0 Å². The minimum absolute atomic E-state index is 0. The number of pyridine rings is 1. The van der Waals surface area contributed by atoms with Crippen molar-refractivity contribution in [2.45, 2.75) is 38.0 Å². The molecule has 2 amide bonds. The summed E-state index contributed by atoms with van der Waals surface area (Å²) >= 11 is 4.78. The summed E-state index contributed by atoms with van der Waals surface area (Å²) in [6.07, 6.45) is 0.850. The maximum absolute atomic E-state index is 13.2. The van der Waals surface area contributed by atoms with Gasteiger partial charge in [0.2, 0.25) is 11.8 Å². The van der Waals surface area contributed by atoms with Gasteiger partial charge in [0.05, 0.1) is 24.1 Å². The van der Waals surface area contributed by atoms with Crippen LogP contribution in [0.3, 0.4) is 0 Å². The second kappa shape index (κ2) is 16.9. The number of aromatic nitrogens is 3. The molecule has 0 aliphatic carbocycles. The van der Waals surface area contributed by atoms with E-state index in [9.17, 15) is 14.9 Å². The van der Waals surface area contributed by atoms with Gasteiger partial charge in [0.15, 0.2) is 0 Å². The summed E-state index contributed by atoms with van der Waals surface area (Å²) in [7, 11) is 0. The number of anilines is 2. The number of nitrogens with one attached hydrogen (secondary N) is 1. The predicted octanol–water partition coefficient (Wildman–Crippen LogP) is 3.19. The Hall–Kier alpha value is -3.80. The van der Waals surface area contributed by atoms with Gasteiger partial charge in [-0.05, 0) is 37.2 Å². The average Bonchev–Trinajstić information content (AvgIpc) is 3.07. The van der Waals surface area contributed by atoms with E-state index in [1.54, 1.807) is 24.3 Å². The summed E-state index contributed by atoms with van der Waals surface area (Å²) in [6, 6.07) is 14.7. The number of nitriles is 1. The molecule has 1 aromatic carbocycles. The average molecular weight is 680 g/mol. The van der Waals surface area contributed by atoms with Crippen LogP contribution >= 0.6 is 25.0 Å². The van der Waals surface area contributed by atoms with Crippen LogP contribution in [0.2, 0.25) is 0 Å². The number of amides is 2. The third-order valence-electron chi connectivity index (χ3n) is 8.36. The second-order valence-corrected chi connectivity index (χ2v) is 12.1. The number of benzene rings is 1. The number of nitrogens with zero attached hydrogens (tertiary/aromatic N) is 7. The highest BCUT2D eigenvalue weighted by Crippen LogP contribution is 2.31. The number of hydrogen-bond acceptors (Lipinski definition) is 11. The quantitative estimate of drug-likeness (QED) is 0.272. The number of morpholine rings is 1. The Bertz CT molecular complexity index is 1580. The van der Waals surface area contributed by atoms with Crippen LogP contribution in [0.4, 0.5) is 11.5 Å². The number of nitrogen functional groups attached to an aromatic ring is 1. The molecule has 2 fully saturated rings.